The number of ether oxygens (including phenoxy) is 2. The summed E-state index contributed by atoms with van der Waals surface area (Å²) in [5.41, 5.74) is 0. The van der Waals surface area contributed by atoms with E-state index in [1.807, 2.05) is 23.8 Å². The molecule has 1 aromatic carbocycles. The molecule has 1 amide bonds. The minimum Gasteiger partial charge on any atom is -0.497 e. The van der Waals surface area contributed by atoms with Crippen molar-refractivity contribution in [2.75, 3.05) is 32.1 Å². The second kappa shape index (κ2) is 9.36. The Hall–Kier alpha value is -3.62. The molecule has 3 aromatic rings. The average molecular weight is 382 g/mol. The van der Waals surface area contributed by atoms with Crippen LogP contribution >= 0.6 is 0 Å². The lowest BCUT2D eigenvalue weighted by molar-refractivity contribution is -0.123. The Morgan fingerprint density at radius 1 is 1.11 bits per heavy atom. The maximum absolute atomic E-state index is 11.9. The topological polar surface area (TPSA) is 103 Å². The molecule has 0 bridgehead atoms. The van der Waals surface area contributed by atoms with Gasteiger partial charge in [-0.05, 0) is 31.2 Å². The lowest BCUT2D eigenvalue weighted by Gasteiger charge is -2.10. The van der Waals surface area contributed by atoms with Gasteiger partial charge in [-0.3, -0.25) is 9.36 Å². The molecule has 0 spiro atoms. The normalized spacial score (nSPS) is 10.4. The number of carbonyl (C=O) groups is 1. The van der Waals surface area contributed by atoms with Crippen molar-refractivity contribution in [2.45, 2.75) is 6.92 Å². The first kappa shape index (κ1) is 19.2. The standard InChI is InChI=1S/C19H22N6O3/c1-14-20-9-10-25(14)18-11-17(23-13-24-18)21-7-8-22-19(26)12-28-16-5-3-15(27-2)4-6-16/h3-6,9-11,13H,7-8,12H2,1-2H3,(H,22,26)(H,21,23,24). The van der Waals surface area contributed by atoms with E-state index < -0.39 is 0 Å². The average Bonchev–Trinajstić information content (AvgIpc) is 3.16. The summed E-state index contributed by atoms with van der Waals surface area (Å²) in [6.45, 7) is 2.81. The van der Waals surface area contributed by atoms with Crippen LogP contribution < -0.4 is 20.1 Å². The molecule has 9 nitrogen and oxygen atoms in total. The molecule has 0 aliphatic heterocycles. The SMILES string of the molecule is COc1ccc(OCC(=O)NCCNc2cc(-n3ccnc3C)ncn2)cc1. The van der Waals surface area contributed by atoms with Gasteiger partial charge in [0.1, 0.15) is 35.3 Å². The number of hydrogen-bond donors (Lipinski definition) is 2. The van der Waals surface area contributed by atoms with Crippen LogP contribution in [0.4, 0.5) is 5.82 Å². The summed E-state index contributed by atoms with van der Waals surface area (Å²) < 4.78 is 12.4. The van der Waals surface area contributed by atoms with Crippen molar-refractivity contribution in [1.29, 1.82) is 0 Å². The summed E-state index contributed by atoms with van der Waals surface area (Å²) in [5.74, 6) is 3.38. The molecule has 3 rings (SSSR count). The number of aryl methyl sites for hydroxylation is 1. The van der Waals surface area contributed by atoms with Gasteiger partial charge in [0.2, 0.25) is 0 Å². The molecular formula is C19H22N6O3. The van der Waals surface area contributed by atoms with Crippen molar-refractivity contribution in [3.8, 4) is 17.3 Å². The van der Waals surface area contributed by atoms with E-state index >= 15 is 0 Å². The molecular weight excluding hydrogens is 360 g/mol. The number of hydrogen-bond acceptors (Lipinski definition) is 7. The van der Waals surface area contributed by atoms with Crippen molar-refractivity contribution >= 4 is 11.7 Å². The van der Waals surface area contributed by atoms with Crippen LogP contribution in [0.1, 0.15) is 5.82 Å². The van der Waals surface area contributed by atoms with Crippen LogP contribution in [0, 0.1) is 6.92 Å². The van der Waals surface area contributed by atoms with E-state index in [2.05, 4.69) is 25.6 Å². The third-order valence-electron chi connectivity index (χ3n) is 3.91. The van der Waals surface area contributed by atoms with E-state index in [0.717, 1.165) is 17.4 Å². The summed E-state index contributed by atoms with van der Waals surface area (Å²) in [4.78, 5) is 24.5. The Morgan fingerprint density at radius 3 is 2.61 bits per heavy atom. The van der Waals surface area contributed by atoms with E-state index in [4.69, 9.17) is 9.47 Å². The molecule has 28 heavy (non-hydrogen) atoms. The predicted octanol–water partition coefficient (Wildman–Crippen LogP) is 1.59. The number of imidazole rings is 1. The van der Waals surface area contributed by atoms with Crippen molar-refractivity contribution < 1.29 is 14.3 Å². The van der Waals surface area contributed by atoms with E-state index in [-0.39, 0.29) is 12.5 Å². The highest BCUT2D eigenvalue weighted by Gasteiger charge is 2.05. The lowest BCUT2D eigenvalue weighted by atomic mass is 10.3. The fourth-order valence-electron chi connectivity index (χ4n) is 2.46. The first-order valence-corrected chi connectivity index (χ1v) is 8.75. The van der Waals surface area contributed by atoms with Crippen LogP contribution in [0.5, 0.6) is 11.5 Å². The van der Waals surface area contributed by atoms with Crippen molar-refractivity contribution in [3.05, 3.63) is 54.9 Å². The van der Waals surface area contributed by atoms with Crippen LogP contribution in [0.2, 0.25) is 0 Å². The van der Waals surface area contributed by atoms with E-state index in [9.17, 15) is 4.79 Å². The highest BCUT2D eigenvalue weighted by molar-refractivity contribution is 5.77. The summed E-state index contributed by atoms with van der Waals surface area (Å²) >= 11 is 0. The van der Waals surface area contributed by atoms with Gasteiger partial charge < -0.3 is 20.1 Å². The van der Waals surface area contributed by atoms with Crippen molar-refractivity contribution in [3.63, 3.8) is 0 Å². The number of aromatic nitrogens is 4. The Morgan fingerprint density at radius 2 is 1.89 bits per heavy atom. The van der Waals surface area contributed by atoms with Crippen LogP contribution in [0.15, 0.2) is 49.1 Å². The quantitative estimate of drug-likeness (QED) is 0.542. The smallest absolute Gasteiger partial charge is 0.258 e. The first-order valence-electron chi connectivity index (χ1n) is 8.75. The van der Waals surface area contributed by atoms with E-state index in [0.29, 0.717) is 24.7 Å². The molecule has 9 heteroatoms. The van der Waals surface area contributed by atoms with Gasteiger partial charge in [-0.15, -0.1) is 0 Å². The maximum Gasteiger partial charge on any atom is 0.258 e. The Labute approximate surface area is 162 Å². The second-order valence-electron chi connectivity index (χ2n) is 5.85. The van der Waals surface area contributed by atoms with Crippen molar-refractivity contribution in [2.24, 2.45) is 0 Å². The van der Waals surface area contributed by atoms with Gasteiger partial charge in [-0.25, -0.2) is 15.0 Å². The van der Waals surface area contributed by atoms with Gasteiger partial charge in [-0.2, -0.15) is 0 Å². The summed E-state index contributed by atoms with van der Waals surface area (Å²) in [5, 5.41) is 5.94. The summed E-state index contributed by atoms with van der Waals surface area (Å²) in [6.07, 6.45) is 5.04. The zero-order chi connectivity index (χ0) is 19.8. The molecule has 2 N–H and O–H groups in total. The Kier molecular flexibility index (Phi) is 6.40. The van der Waals surface area contributed by atoms with Gasteiger partial charge in [0.15, 0.2) is 6.61 Å². The number of rotatable bonds is 9. The monoisotopic (exact) mass is 382 g/mol. The number of nitrogens with one attached hydrogen (secondary N) is 2. The van der Waals surface area contributed by atoms with Crippen LogP contribution in [-0.4, -0.2) is 52.2 Å². The van der Waals surface area contributed by atoms with Gasteiger partial charge in [0, 0.05) is 31.5 Å². The highest BCUT2D eigenvalue weighted by atomic mass is 16.5. The zero-order valence-electron chi connectivity index (χ0n) is 15.8. The molecule has 0 unspecified atom stereocenters. The van der Waals surface area contributed by atoms with Crippen LogP contribution in [0.25, 0.3) is 5.82 Å². The summed E-state index contributed by atoms with van der Waals surface area (Å²) in [6, 6.07) is 8.88. The maximum atomic E-state index is 11.9. The van der Waals surface area contributed by atoms with Gasteiger partial charge in [0.25, 0.3) is 5.91 Å². The number of anilines is 1. The lowest BCUT2D eigenvalue weighted by Crippen LogP contribution is -2.32. The minimum atomic E-state index is -0.199. The molecule has 146 valence electrons. The van der Waals surface area contributed by atoms with Crippen LogP contribution in [0.3, 0.4) is 0 Å². The van der Waals surface area contributed by atoms with Gasteiger partial charge in [-0.1, -0.05) is 0 Å². The number of methoxy groups -OCH3 is 1. The predicted molar refractivity (Wildman–Crippen MR) is 104 cm³/mol. The molecule has 2 aromatic heterocycles. The molecule has 0 aliphatic carbocycles. The minimum absolute atomic E-state index is 0.0517. The molecule has 0 saturated carbocycles. The first-order chi connectivity index (χ1) is 13.7. The van der Waals surface area contributed by atoms with E-state index in [1.54, 1.807) is 37.6 Å². The third kappa shape index (κ3) is 5.19. The molecule has 0 atom stereocenters. The molecule has 0 aliphatic rings. The van der Waals surface area contributed by atoms with E-state index in [1.165, 1.54) is 6.33 Å². The molecule has 0 fully saturated rings. The van der Waals surface area contributed by atoms with Crippen molar-refractivity contribution in [1.82, 2.24) is 24.8 Å². The fourth-order valence-corrected chi connectivity index (χ4v) is 2.46. The number of nitrogens with zero attached hydrogens (tertiary/aromatic N) is 4. The number of benzene rings is 1. The molecule has 0 saturated heterocycles. The fraction of sp³-hybridized carbons (Fsp3) is 0.263. The number of amides is 1. The Balaban J connectivity index is 1.39. The summed E-state index contributed by atoms with van der Waals surface area (Å²) in [7, 11) is 1.60. The largest absolute Gasteiger partial charge is 0.497 e. The third-order valence-corrected chi connectivity index (χ3v) is 3.91. The van der Waals surface area contributed by atoms with Gasteiger partial charge in [0.05, 0.1) is 7.11 Å². The highest BCUT2D eigenvalue weighted by Crippen LogP contribution is 2.16. The molecule has 0 radical (unpaired) electrons. The second-order valence-corrected chi connectivity index (χ2v) is 5.85. The zero-order valence-corrected chi connectivity index (χ0v) is 15.8. The Bertz CT molecular complexity index is 910. The van der Waals surface area contributed by atoms with Gasteiger partial charge >= 0.3 is 0 Å². The van der Waals surface area contributed by atoms with Crippen LogP contribution in [-0.2, 0) is 4.79 Å². The molecule has 2 heterocycles. The number of carbonyl (C=O) groups excluding carboxylic acids is 1.